The summed E-state index contributed by atoms with van der Waals surface area (Å²) in [6, 6.07) is 5.01. The van der Waals surface area contributed by atoms with Crippen molar-refractivity contribution in [3.8, 4) is 0 Å². The van der Waals surface area contributed by atoms with E-state index in [1.54, 1.807) is 18.2 Å². The summed E-state index contributed by atoms with van der Waals surface area (Å²) in [5, 5.41) is 3.95. The summed E-state index contributed by atoms with van der Waals surface area (Å²) in [5.74, 6) is -1.78. The molecule has 1 fully saturated rings. The van der Waals surface area contributed by atoms with Crippen LogP contribution in [0.15, 0.2) is 18.2 Å². The molecule has 0 radical (unpaired) electrons. The van der Waals surface area contributed by atoms with Crippen LogP contribution in [0.4, 0.5) is 13.2 Å². The Bertz CT molecular complexity index is 537. The third-order valence-electron chi connectivity index (χ3n) is 3.33. The molecule has 2 rings (SSSR count). The molecule has 1 N–H and O–H groups in total. The number of carbonyl (C=O) groups excluding carboxylic acids is 1. The number of nitrogens with zero attached hydrogens (tertiary/aromatic N) is 1. The zero-order valence-corrected chi connectivity index (χ0v) is 12.4. The summed E-state index contributed by atoms with van der Waals surface area (Å²) in [4.78, 5) is 11.9. The first-order valence-electron chi connectivity index (χ1n) is 6.31. The number of halogens is 5. The Morgan fingerprint density at radius 3 is 2.76 bits per heavy atom. The van der Waals surface area contributed by atoms with Crippen LogP contribution in [0.5, 0.6) is 0 Å². The van der Waals surface area contributed by atoms with Gasteiger partial charge in [-0.2, -0.15) is 13.2 Å². The molecule has 0 aromatic heterocycles. The number of amides is 1. The van der Waals surface area contributed by atoms with E-state index >= 15 is 0 Å². The van der Waals surface area contributed by atoms with Gasteiger partial charge in [-0.15, -0.1) is 0 Å². The van der Waals surface area contributed by atoms with Crippen molar-refractivity contribution < 1.29 is 18.0 Å². The molecular weight excluding hydrogens is 328 g/mol. The van der Waals surface area contributed by atoms with Gasteiger partial charge in [0.25, 0.3) is 0 Å². The Balaban J connectivity index is 1.89. The fourth-order valence-corrected chi connectivity index (χ4v) is 2.62. The van der Waals surface area contributed by atoms with Gasteiger partial charge in [0, 0.05) is 25.7 Å². The second-order valence-electron chi connectivity index (χ2n) is 4.83. The molecule has 8 heteroatoms. The monoisotopic (exact) mass is 340 g/mol. The van der Waals surface area contributed by atoms with E-state index in [9.17, 15) is 18.0 Å². The SMILES string of the molecule is O=C(N1CCC(NCc2cccc(Cl)c2Cl)C1)C(F)(F)F. The van der Waals surface area contributed by atoms with E-state index in [0.717, 1.165) is 10.5 Å². The number of benzene rings is 1. The summed E-state index contributed by atoms with van der Waals surface area (Å²) in [7, 11) is 0. The largest absolute Gasteiger partial charge is 0.471 e. The van der Waals surface area contributed by atoms with Crippen molar-refractivity contribution in [1.82, 2.24) is 10.2 Å². The standard InChI is InChI=1S/C13H13Cl2F3N2O/c14-10-3-1-2-8(11(10)15)6-19-9-4-5-20(7-9)12(21)13(16,17)18/h1-3,9,19H,4-7H2. The third kappa shape index (κ3) is 4.02. The van der Waals surface area contributed by atoms with Gasteiger partial charge in [-0.25, -0.2) is 0 Å². The zero-order valence-electron chi connectivity index (χ0n) is 10.9. The summed E-state index contributed by atoms with van der Waals surface area (Å²) >= 11 is 11.9. The van der Waals surface area contributed by atoms with Crippen molar-refractivity contribution in [3.63, 3.8) is 0 Å². The number of rotatable bonds is 3. The number of likely N-dealkylation sites (tertiary alicyclic amines) is 1. The van der Waals surface area contributed by atoms with Crippen molar-refractivity contribution in [3.05, 3.63) is 33.8 Å². The van der Waals surface area contributed by atoms with Gasteiger partial charge in [0.05, 0.1) is 10.0 Å². The van der Waals surface area contributed by atoms with Gasteiger partial charge in [0.15, 0.2) is 0 Å². The number of carbonyl (C=O) groups is 1. The van der Waals surface area contributed by atoms with Crippen molar-refractivity contribution in [1.29, 1.82) is 0 Å². The molecule has 1 amide bonds. The Kier molecular flexibility index (Phi) is 5.01. The van der Waals surface area contributed by atoms with Gasteiger partial charge in [-0.3, -0.25) is 4.79 Å². The quantitative estimate of drug-likeness (QED) is 0.916. The number of nitrogens with one attached hydrogen (secondary N) is 1. The summed E-state index contributed by atoms with van der Waals surface area (Å²) < 4.78 is 37.0. The average molecular weight is 341 g/mol. The third-order valence-corrected chi connectivity index (χ3v) is 4.19. The Hall–Kier alpha value is -0.980. The molecule has 1 aromatic carbocycles. The molecule has 1 heterocycles. The second kappa shape index (κ2) is 6.42. The maximum atomic E-state index is 12.3. The topological polar surface area (TPSA) is 32.3 Å². The van der Waals surface area contributed by atoms with Crippen LogP contribution >= 0.6 is 23.2 Å². The van der Waals surface area contributed by atoms with Crippen molar-refractivity contribution >= 4 is 29.1 Å². The van der Waals surface area contributed by atoms with Crippen molar-refractivity contribution in [2.75, 3.05) is 13.1 Å². The maximum Gasteiger partial charge on any atom is 0.471 e. The van der Waals surface area contributed by atoms with Gasteiger partial charge in [0.2, 0.25) is 0 Å². The molecule has 1 aromatic rings. The second-order valence-corrected chi connectivity index (χ2v) is 5.61. The molecule has 21 heavy (non-hydrogen) atoms. The highest BCUT2D eigenvalue weighted by Crippen LogP contribution is 2.26. The predicted octanol–water partition coefficient (Wildman–Crippen LogP) is 3.25. The van der Waals surface area contributed by atoms with E-state index in [-0.39, 0.29) is 19.1 Å². The summed E-state index contributed by atoms with van der Waals surface area (Å²) in [6.45, 7) is 0.522. The lowest BCUT2D eigenvalue weighted by molar-refractivity contribution is -0.184. The van der Waals surface area contributed by atoms with E-state index in [4.69, 9.17) is 23.2 Å². The normalized spacial score (nSPS) is 19.1. The first-order valence-corrected chi connectivity index (χ1v) is 7.07. The van der Waals surface area contributed by atoms with Crippen LogP contribution in [0, 0.1) is 0 Å². The van der Waals surface area contributed by atoms with Crippen LogP contribution < -0.4 is 5.32 Å². The van der Waals surface area contributed by atoms with Gasteiger partial charge < -0.3 is 10.2 Å². The molecule has 0 spiro atoms. The van der Waals surface area contributed by atoms with E-state index in [1.165, 1.54) is 0 Å². The Morgan fingerprint density at radius 2 is 2.10 bits per heavy atom. The highest BCUT2D eigenvalue weighted by Gasteiger charge is 2.44. The number of alkyl halides is 3. The lowest BCUT2D eigenvalue weighted by Crippen LogP contribution is -2.41. The zero-order chi connectivity index (χ0) is 15.6. The fraction of sp³-hybridized carbons (Fsp3) is 0.462. The Morgan fingerprint density at radius 1 is 1.38 bits per heavy atom. The minimum Gasteiger partial charge on any atom is -0.333 e. The van der Waals surface area contributed by atoms with E-state index in [2.05, 4.69) is 5.32 Å². The highest BCUT2D eigenvalue weighted by atomic mass is 35.5. The van der Waals surface area contributed by atoms with Gasteiger partial charge in [0.1, 0.15) is 0 Å². The van der Waals surface area contributed by atoms with Crippen LogP contribution in [-0.2, 0) is 11.3 Å². The van der Waals surface area contributed by atoms with Crippen LogP contribution in [0.2, 0.25) is 10.0 Å². The summed E-state index contributed by atoms with van der Waals surface area (Å²) in [6.07, 6.45) is -4.34. The molecule has 1 unspecified atom stereocenters. The smallest absolute Gasteiger partial charge is 0.333 e. The lowest BCUT2D eigenvalue weighted by Gasteiger charge is -2.18. The van der Waals surface area contributed by atoms with Crippen LogP contribution in [0.3, 0.4) is 0 Å². The molecule has 1 aliphatic heterocycles. The first-order chi connectivity index (χ1) is 9.79. The molecule has 116 valence electrons. The molecule has 1 saturated heterocycles. The number of hydrogen-bond donors (Lipinski definition) is 1. The predicted molar refractivity (Wildman–Crippen MR) is 74.3 cm³/mol. The van der Waals surface area contributed by atoms with Gasteiger partial charge >= 0.3 is 12.1 Å². The fourth-order valence-electron chi connectivity index (χ4n) is 2.23. The highest BCUT2D eigenvalue weighted by molar-refractivity contribution is 6.42. The molecule has 0 aliphatic carbocycles. The van der Waals surface area contributed by atoms with Gasteiger partial charge in [-0.05, 0) is 18.1 Å². The Labute approximate surface area is 130 Å². The average Bonchev–Trinajstić information content (AvgIpc) is 2.87. The first kappa shape index (κ1) is 16.4. The molecule has 0 bridgehead atoms. The maximum absolute atomic E-state index is 12.3. The van der Waals surface area contributed by atoms with Crippen molar-refractivity contribution in [2.45, 2.75) is 25.2 Å². The van der Waals surface area contributed by atoms with Crippen LogP contribution in [0.25, 0.3) is 0 Å². The lowest BCUT2D eigenvalue weighted by atomic mass is 10.2. The minimum absolute atomic E-state index is 0.0382. The molecule has 0 saturated carbocycles. The molecular formula is C13H13Cl2F3N2O. The molecule has 1 atom stereocenters. The van der Waals surface area contributed by atoms with Crippen LogP contribution in [-0.4, -0.2) is 36.1 Å². The van der Waals surface area contributed by atoms with E-state index in [1.807, 2.05) is 0 Å². The van der Waals surface area contributed by atoms with Crippen molar-refractivity contribution in [2.24, 2.45) is 0 Å². The van der Waals surface area contributed by atoms with E-state index in [0.29, 0.717) is 23.0 Å². The number of hydrogen-bond acceptors (Lipinski definition) is 2. The molecule has 1 aliphatic rings. The van der Waals surface area contributed by atoms with E-state index < -0.39 is 12.1 Å². The van der Waals surface area contributed by atoms with Crippen LogP contribution in [0.1, 0.15) is 12.0 Å². The van der Waals surface area contributed by atoms with Gasteiger partial charge in [-0.1, -0.05) is 35.3 Å². The minimum atomic E-state index is -4.81. The summed E-state index contributed by atoms with van der Waals surface area (Å²) in [5.41, 5.74) is 0.768. The molecule has 3 nitrogen and oxygen atoms in total.